The van der Waals surface area contributed by atoms with Gasteiger partial charge in [0.2, 0.25) is 0 Å². The van der Waals surface area contributed by atoms with Gasteiger partial charge in [-0.25, -0.2) is 4.98 Å². The van der Waals surface area contributed by atoms with Gasteiger partial charge in [0.15, 0.2) is 0 Å². The molecule has 1 aromatic rings. The molecule has 1 fully saturated rings. The number of nitrogens with one attached hydrogen (secondary N) is 1. The summed E-state index contributed by atoms with van der Waals surface area (Å²) in [6.07, 6.45) is 2.78. The van der Waals surface area contributed by atoms with Crippen molar-refractivity contribution >= 4 is 11.3 Å². The van der Waals surface area contributed by atoms with Crippen molar-refractivity contribution in [3.8, 4) is 0 Å². The van der Waals surface area contributed by atoms with Crippen molar-refractivity contribution in [1.29, 1.82) is 0 Å². The number of thiazole rings is 1. The van der Waals surface area contributed by atoms with Crippen molar-refractivity contribution in [2.75, 3.05) is 26.2 Å². The predicted molar refractivity (Wildman–Crippen MR) is 68.7 cm³/mol. The molecule has 0 amide bonds. The molecule has 1 aliphatic heterocycles. The lowest BCUT2D eigenvalue weighted by Gasteiger charge is -2.20. The Hall–Kier alpha value is -0.450. The van der Waals surface area contributed by atoms with Crippen molar-refractivity contribution in [3.05, 3.63) is 16.6 Å². The van der Waals surface area contributed by atoms with Crippen LogP contribution in [0.25, 0.3) is 0 Å². The van der Waals surface area contributed by atoms with Crippen LogP contribution in [-0.2, 0) is 6.54 Å². The molecule has 2 heterocycles. The van der Waals surface area contributed by atoms with Gasteiger partial charge >= 0.3 is 0 Å². The maximum atomic E-state index is 4.26. The largest absolute Gasteiger partial charge is 0.311 e. The van der Waals surface area contributed by atoms with Crippen molar-refractivity contribution in [3.63, 3.8) is 0 Å². The Bertz CT molecular complexity index is 280. The van der Waals surface area contributed by atoms with Gasteiger partial charge in [-0.05, 0) is 38.4 Å². The molecule has 0 bridgehead atoms. The fraction of sp³-hybridized carbons (Fsp3) is 0.750. The van der Waals surface area contributed by atoms with E-state index in [0.717, 1.165) is 19.0 Å². The van der Waals surface area contributed by atoms with E-state index in [-0.39, 0.29) is 0 Å². The maximum absolute atomic E-state index is 4.26. The van der Waals surface area contributed by atoms with Crippen LogP contribution in [-0.4, -0.2) is 36.1 Å². The first-order valence-corrected chi connectivity index (χ1v) is 7.09. The molecule has 3 nitrogen and oxygen atoms in total. The Labute approximate surface area is 102 Å². The monoisotopic (exact) mass is 239 g/mol. The number of aromatic nitrogens is 1. The Morgan fingerprint density at radius 1 is 1.50 bits per heavy atom. The van der Waals surface area contributed by atoms with Gasteiger partial charge in [-0.15, -0.1) is 11.3 Å². The highest BCUT2D eigenvalue weighted by atomic mass is 32.1. The molecule has 0 aromatic carbocycles. The molecule has 1 saturated heterocycles. The zero-order valence-electron chi connectivity index (χ0n) is 9.98. The van der Waals surface area contributed by atoms with E-state index in [4.69, 9.17) is 0 Å². The van der Waals surface area contributed by atoms with Crippen LogP contribution in [0, 0.1) is 5.92 Å². The zero-order chi connectivity index (χ0) is 11.2. The molecule has 0 saturated carbocycles. The molecule has 0 aliphatic carbocycles. The fourth-order valence-electron chi connectivity index (χ4n) is 2.24. The Morgan fingerprint density at radius 2 is 2.31 bits per heavy atom. The molecule has 4 heteroatoms. The van der Waals surface area contributed by atoms with Crippen molar-refractivity contribution in [1.82, 2.24) is 15.2 Å². The summed E-state index contributed by atoms with van der Waals surface area (Å²) < 4.78 is 0. The Balaban J connectivity index is 1.58. The van der Waals surface area contributed by atoms with Crippen LogP contribution in [0.15, 0.2) is 10.9 Å². The quantitative estimate of drug-likeness (QED) is 0.822. The summed E-state index contributed by atoms with van der Waals surface area (Å²) in [6, 6.07) is 0. The van der Waals surface area contributed by atoms with Crippen molar-refractivity contribution < 1.29 is 0 Å². The van der Waals surface area contributed by atoms with E-state index < -0.39 is 0 Å². The van der Waals surface area contributed by atoms with Gasteiger partial charge in [-0.2, -0.15) is 0 Å². The number of nitrogens with zero attached hydrogens (tertiary/aromatic N) is 2. The lowest BCUT2D eigenvalue weighted by Crippen LogP contribution is -2.31. The summed E-state index contributed by atoms with van der Waals surface area (Å²) in [4.78, 5) is 6.84. The molecule has 1 N–H and O–H groups in total. The minimum Gasteiger partial charge on any atom is -0.311 e. The smallest absolute Gasteiger partial charge is 0.0795 e. The molecular formula is C12H21N3S. The van der Waals surface area contributed by atoms with Crippen molar-refractivity contribution in [2.24, 2.45) is 5.92 Å². The first-order chi connectivity index (χ1) is 7.84. The lowest BCUT2D eigenvalue weighted by atomic mass is 10.1. The average Bonchev–Trinajstić information content (AvgIpc) is 2.90. The van der Waals surface area contributed by atoms with Gasteiger partial charge < -0.3 is 10.2 Å². The van der Waals surface area contributed by atoms with Crippen LogP contribution in [0.3, 0.4) is 0 Å². The second-order valence-electron chi connectivity index (χ2n) is 4.72. The zero-order valence-corrected chi connectivity index (χ0v) is 10.8. The summed E-state index contributed by atoms with van der Waals surface area (Å²) >= 11 is 1.67. The van der Waals surface area contributed by atoms with Gasteiger partial charge in [-0.1, -0.05) is 6.92 Å². The third-order valence-electron chi connectivity index (χ3n) is 3.05. The van der Waals surface area contributed by atoms with Gasteiger partial charge in [-0.3, -0.25) is 0 Å². The molecule has 1 aromatic heterocycles. The molecular weight excluding hydrogens is 218 g/mol. The van der Waals surface area contributed by atoms with Gasteiger partial charge in [0.25, 0.3) is 0 Å². The third-order valence-corrected chi connectivity index (χ3v) is 3.69. The molecule has 2 rings (SSSR count). The van der Waals surface area contributed by atoms with Crippen LogP contribution >= 0.6 is 11.3 Å². The van der Waals surface area contributed by atoms with Crippen LogP contribution in [0.5, 0.6) is 0 Å². The lowest BCUT2D eigenvalue weighted by molar-refractivity contribution is 0.282. The summed E-state index contributed by atoms with van der Waals surface area (Å²) in [5.41, 5.74) is 3.06. The van der Waals surface area contributed by atoms with E-state index >= 15 is 0 Å². The predicted octanol–water partition coefficient (Wildman–Crippen LogP) is 1.96. The van der Waals surface area contributed by atoms with E-state index in [9.17, 15) is 0 Å². The minimum atomic E-state index is 0.733. The van der Waals surface area contributed by atoms with Crippen LogP contribution in [0.4, 0.5) is 0 Å². The Kier molecular flexibility index (Phi) is 4.75. The normalized spacial score (nSPS) is 19.1. The SMILES string of the molecule is CC(CNCc1cscn1)CN1CCCC1. The summed E-state index contributed by atoms with van der Waals surface area (Å²) in [5.74, 6) is 0.733. The maximum Gasteiger partial charge on any atom is 0.0795 e. The standard InChI is InChI=1S/C12H21N3S/c1-11(8-15-4-2-3-5-15)6-13-7-12-9-16-10-14-12/h9-11,13H,2-8H2,1H3. The number of hydrogen-bond donors (Lipinski definition) is 1. The molecule has 90 valence electrons. The van der Waals surface area contributed by atoms with E-state index in [2.05, 4.69) is 27.5 Å². The molecule has 0 radical (unpaired) electrons. The molecule has 0 spiro atoms. The summed E-state index contributed by atoms with van der Waals surface area (Å²) in [5, 5.41) is 5.59. The van der Waals surface area contributed by atoms with Crippen LogP contribution in [0.1, 0.15) is 25.5 Å². The van der Waals surface area contributed by atoms with E-state index in [1.807, 2.05) is 5.51 Å². The third kappa shape index (κ3) is 3.85. The van der Waals surface area contributed by atoms with Crippen LogP contribution in [0.2, 0.25) is 0 Å². The number of hydrogen-bond acceptors (Lipinski definition) is 4. The van der Waals surface area contributed by atoms with Gasteiger partial charge in [0.1, 0.15) is 0 Å². The van der Waals surface area contributed by atoms with Crippen molar-refractivity contribution in [2.45, 2.75) is 26.3 Å². The average molecular weight is 239 g/mol. The number of likely N-dealkylation sites (tertiary alicyclic amines) is 1. The molecule has 1 unspecified atom stereocenters. The van der Waals surface area contributed by atoms with E-state index in [0.29, 0.717) is 0 Å². The summed E-state index contributed by atoms with van der Waals surface area (Å²) in [7, 11) is 0. The number of rotatable bonds is 6. The highest BCUT2D eigenvalue weighted by Gasteiger charge is 2.14. The highest BCUT2D eigenvalue weighted by Crippen LogP contribution is 2.09. The summed E-state index contributed by atoms with van der Waals surface area (Å²) in [6.45, 7) is 8.17. The van der Waals surface area contributed by atoms with E-state index in [1.165, 1.54) is 38.2 Å². The minimum absolute atomic E-state index is 0.733. The van der Waals surface area contributed by atoms with Gasteiger partial charge in [0.05, 0.1) is 11.2 Å². The topological polar surface area (TPSA) is 28.2 Å². The first-order valence-electron chi connectivity index (χ1n) is 6.15. The molecule has 16 heavy (non-hydrogen) atoms. The van der Waals surface area contributed by atoms with Gasteiger partial charge in [0, 0.05) is 18.5 Å². The van der Waals surface area contributed by atoms with Crippen LogP contribution < -0.4 is 5.32 Å². The van der Waals surface area contributed by atoms with E-state index in [1.54, 1.807) is 11.3 Å². The fourth-order valence-corrected chi connectivity index (χ4v) is 2.80. The molecule has 1 aliphatic rings. The first kappa shape index (κ1) is 12.0. The molecule has 1 atom stereocenters. The highest BCUT2D eigenvalue weighted by molar-refractivity contribution is 7.07. The second-order valence-corrected chi connectivity index (χ2v) is 5.44. The Morgan fingerprint density at radius 3 is 3.00 bits per heavy atom. The second kappa shape index (κ2) is 6.33.